The van der Waals surface area contributed by atoms with Crippen LogP contribution in [-0.4, -0.2) is 34.1 Å². The van der Waals surface area contributed by atoms with E-state index in [2.05, 4.69) is 15.5 Å². The first kappa shape index (κ1) is 17.0. The number of hydrogen-bond acceptors (Lipinski definition) is 4. The van der Waals surface area contributed by atoms with E-state index in [0.29, 0.717) is 21.6 Å². The molecule has 0 saturated carbocycles. The van der Waals surface area contributed by atoms with Gasteiger partial charge in [-0.3, -0.25) is 4.79 Å². The van der Waals surface area contributed by atoms with E-state index in [4.69, 9.17) is 23.2 Å². The molecule has 1 aliphatic heterocycles. The molecular weight excluding hydrogens is 347 g/mol. The van der Waals surface area contributed by atoms with Gasteiger partial charge in [0.05, 0.1) is 10.0 Å². The second kappa shape index (κ2) is 7.81. The fraction of sp³-hybridized carbons (Fsp3) is 0.353. The molecule has 1 aromatic heterocycles. The van der Waals surface area contributed by atoms with E-state index in [1.807, 2.05) is 4.90 Å². The molecule has 0 unspecified atom stereocenters. The molecule has 0 aliphatic carbocycles. The highest BCUT2D eigenvalue weighted by Gasteiger charge is 2.18. The molecule has 1 aliphatic rings. The highest BCUT2D eigenvalue weighted by atomic mass is 35.5. The summed E-state index contributed by atoms with van der Waals surface area (Å²) in [7, 11) is 0. The Bertz CT molecular complexity index is 713. The smallest absolute Gasteiger partial charge is 0.274 e. The third-order valence-corrected chi connectivity index (χ3v) is 4.71. The molecule has 24 heavy (non-hydrogen) atoms. The van der Waals surface area contributed by atoms with Gasteiger partial charge in [-0.1, -0.05) is 36.0 Å². The van der Waals surface area contributed by atoms with Crippen molar-refractivity contribution >= 4 is 40.6 Å². The summed E-state index contributed by atoms with van der Waals surface area (Å²) >= 11 is 11.9. The minimum absolute atomic E-state index is 0.0505. The summed E-state index contributed by atoms with van der Waals surface area (Å²) in [6.45, 7) is 1.59. The minimum atomic E-state index is -0.0505. The summed E-state index contributed by atoms with van der Waals surface area (Å²) in [5.74, 6) is 0.492. The monoisotopic (exact) mass is 364 g/mol. The molecule has 1 amide bonds. The summed E-state index contributed by atoms with van der Waals surface area (Å²) < 4.78 is 0. The van der Waals surface area contributed by atoms with E-state index in [0.717, 1.165) is 31.6 Å². The molecule has 0 bridgehead atoms. The van der Waals surface area contributed by atoms with E-state index in [1.54, 1.807) is 30.3 Å². The molecule has 0 spiro atoms. The molecule has 2 aromatic rings. The van der Waals surface area contributed by atoms with Crippen LogP contribution >= 0.6 is 23.2 Å². The quantitative estimate of drug-likeness (QED) is 0.867. The molecule has 1 N–H and O–H groups in total. The summed E-state index contributed by atoms with van der Waals surface area (Å²) in [4.78, 5) is 14.3. The number of nitrogens with one attached hydrogen (secondary N) is 1. The van der Waals surface area contributed by atoms with Crippen LogP contribution in [0.4, 0.5) is 11.5 Å². The molecule has 3 rings (SSSR count). The van der Waals surface area contributed by atoms with Gasteiger partial charge in [0.2, 0.25) is 0 Å². The van der Waals surface area contributed by atoms with Gasteiger partial charge in [-0.2, -0.15) is 0 Å². The maximum atomic E-state index is 12.5. The second-order valence-corrected chi connectivity index (χ2v) is 6.58. The topological polar surface area (TPSA) is 58.1 Å². The van der Waals surface area contributed by atoms with E-state index < -0.39 is 0 Å². The first-order chi connectivity index (χ1) is 11.6. The normalized spacial score (nSPS) is 15.0. The third kappa shape index (κ3) is 4.16. The molecule has 1 aromatic carbocycles. The Morgan fingerprint density at radius 1 is 0.958 bits per heavy atom. The molecular formula is C17H18Cl2N4O. The molecule has 1 fully saturated rings. The van der Waals surface area contributed by atoms with Gasteiger partial charge in [-0.25, -0.2) is 0 Å². The Hall–Kier alpha value is -1.85. The van der Waals surface area contributed by atoms with Crippen LogP contribution in [0, 0.1) is 0 Å². The van der Waals surface area contributed by atoms with Crippen molar-refractivity contribution in [3.05, 3.63) is 46.1 Å². The number of carbonyl (C=O) groups excluding carboxylic acids is 1. The predicted molar refractivity (Wildman–Crippen MR) is 96.1 cm³/mol. The van der Waals surface area contributed by atoms with Gasteiger partial charge in [0.15, 0.2) is 11.5 Å². The Morgan fingerprint density at radius 2 is 1.71 bits per heavy atom. The lowest BCUT2D eigenvalue weighted by Gasteiger charge is -2.19. The Labute approximate surface area is 151 Å². The van der Waals surface area contributed by atoms with Crippen LogP contribution in [0.5, 0.6) is 0 Å². The van der Waals surface area contributed by atoms with Gasteiger partial charge < -0.3 is 10.2 Å². The van der Waals surface area contributed by atoms with Crippen molar-refractivity contribution in [2.24, 2.45) is 0 Å². The van der Waals surface area contributed by atoms with Crippen LogP contribution in [0.15, 0.2) is 30.3 Å². The molecule has 7 heteroatoms. The zero-order valence-electron chi connectivity index (χ0n) is 13.1. The van der Waals surface area contributed by atoms with Gasteiger partial charge in [-0.05, 0) is 43.2 Å². The highest BCUT2D eigenvalue weighted by molar-refractivity contribution is 6.42. The van der Waals surface area contributed by atoms with Crippen molar-refractivity contribution in [3.8, 4) is 0 Å². The number of likely N-dealkylation sites (tertiary alicyclic amines) is 1. The third-order valence-electron chi connectivity index (χ3n) is 3.97. The van der Waals surface area contributed by atoms with Gasteiger partial charge in [0, 0.05) is 18.8 Å². The first-order valence-corrected chi connectivity index (χ1v) is 8.74. The number of nitrogens with zero attached hydrogens (tertiary/aromatic N) is 3. The Morgan fingerprint density at radius 3 is 2.33 bits per heavy atom. The van der Waals surface area contributed by atoms with Crippen LogP contribution in [-0.2, 0) is 0 Å². The summed E-state index contributed by atoms with van der Waals surface area (Å²) in [6, 6.07) is 8.64. The Kier molecular flexibility index (Phi) is 5.53. The van der Waals surface area contributed by atoms with Crippen molar-refractivity contribution < 1.29 is 4.79 Å². The lowest BCUT2D eigenvalue weighted by molar-refractivity contribution is 0.0754. The number of benzene rings is 1. The van der Waals surface area contributed by atoms with Crippen LogP contribution in [0.1, 0.15) is 36.2 Å². The number of amides is 1. The zero-order valence-corrected chi connectivity index (χ0v) is 14.6. The maximum absolute atomic E-state index is 12.5. The zero-order chi connectivity index (χ0) is 16.9. The number of aromatic nitrogens is 2. The van der Waals surface area contributed by atoms with Crippen molar-refractivity contribution in [1.82, 2.24) is 15.1 Å². The fourth-order valence-corrected chi connectivity index (χ4v) is 2.97. The summed E-state index contributed by atoms with van der Waals surface area (Å²) in [5, 5.41) is 12.2. The largest absolute Gasteiger partial charge is 0.339 e. The first-order valence-electron chi connectivity index (χ1n) is 7.98. The van der Waals surface area contributed by atoms with Gasteiger partial charge in [-0.15, -0.1) is 10.2 Å². The highest BCUT2D eigenvalue weighted by Crippen LogP contribution is 2.26. The SMILES string of the molecule is O=C(c1ccc(Nc2ccc(Cl)c(Cl)c2)nn1)N1CCCCCC1. The minimum Gasteiger partial charge on any atom is -0.339 e. The average Bonchev–Trinajstić information content (AvgIpc) is 2.88. The molecule has 2 heterocycles. The summed E-state index contributed by atoms with van der Waals surface area (Å²) in [5.41, 5.74) is 1.13. The lowest BCUT2D eigenvalue weighted by atomic mass is 10.2. The number of carbonyl (C=O) groups is 1. The Balaban J connectivity index is 1.68. The molecule has 1 saturated heterocycles. The number of halogens is 2. The van der Waals surface area contributed by atoms with Crippen LogP contribution < -0.4 is 5.32 Å². The lowest BCUT2D eigenvalue weighted by Crippen LogP contribution is -2.32. The number of anilines is 2. The van der Waals surface area contributed by atoms with E-state index >= 15 is 0 Å². The van der Waals surface area contributed by atoms with Gasteiger partial charge in [0.1, 0.15) is 0 Å². The molecule has 0 radical (unpaired) electrons. The van der Waals surface area contributed by atoms with E-state index in [-0.39, 0.29) is 5.91 Å². The molecule has 0 atom stereocenters. The van der Waals surface area contributed by atoms with Crippen LogP contribution in [0.2, 0.25) is 10.0 Å². The van der Waals surface area contributed by atoms with Crippen molar-refractivity contribution in [1.29, 1.82) is 0 Å². The van der Waals surface area contributed by atoms with Crippen molar-refractivity contribution in [2.75, 3.05) is 18.4 Å². The number of hydrogen-bond donors (Lipinski definition) is 1. The number of rotatable bonds is 3. The summed E-state index contributed by atoms with van der Waals surface area (Å²) in [6.07, 6.45) is 4.47. The fourth-order valence-electron chi connectivity index (χ4n) is 2.67. The van der Waals surface area contributed by atoms with Gasteiger partial charge >= 0.3 is 0 Å². The average molecular weight is 365 g/mol. The van der Waals surface area contributed by atoms with Gasteiger partial charge in [0.25, 0.3) is 5.91 Å². The van der Waals surface area contributed by atoms with Crippen LogP contribution in [0.3, 0.4) is 0 Å². The standard InChI is InChI=1S/C17H18Cl2N4O/c18-13-6-5-12(11-14(13)19)20-16-8-7-15(21-22-16)17(24)23-9-3-1-2-4-10-23/h5-8,11H,1-4,9-10H2,(H,20,22). The van der Waals surface area contributed by atoms with E-state index in [1.165, 1.54) is 12.8 Å². The van der Waals surface area contributed by atoms with E-state index in [9.17, 15) is 4.79 Å². The van der Waals surface area contributed by atoms with Crippen molar-refractivity contribution in [3.63, 3.8) is 0 Å². The molecule has 5 nitrogen and oxygen atoms in total. The predicted octanol–water partition coefficient (Wildman–Crippen LogP) is 4.54. The molecule has 126 valence electrons. The van der Waals surface area contributed by atoms with Crippen LogP contribution in [0.25, 0.3) is 0 Å². The van der Waals surface area contributed by atoms with Crippen molar-refractivity contribution in [2.45, 2.75) is 25.7 Å². The second-order valence-electron chi connectivity index (χ2n) is 5.76. The maximum Gasteiger partial charge on any atom is 0.274 e.